The van der Waals surface area contributed by atoms with Crippen LogP contribution < -0.4 is 5.32 Å². The summed E-state index contributed by atoms with van der Waals surface area (Å²) in [7, 11) is 0. The number of hydrogen-bond donors (Lipinski definition) is 3. The van der Waals surface area contributed by atoms with Crippen molar-refractivity contribution in [2.75, 3.05) is 6.61 Å². The lowest BCUT2D eigenvalue weighted by Crippen LogP contribution is -2.50. The first kappa shape index (κ1) is 17.8. The molecule has 1 aliphatic rings. The number of thiophene rings is 1. The predicted molar refractivity (Wildman–Crippen MR) is 81.5 cm³/mol. The maximum Gasteiger partial charge on any atom is 0.346 e. The molecule has 1 amide bonds. The van der Waals surface area contributed by atoms with Gasteiger partial charge in [0.25, 0.3) is 5.91 Å². The van der Waals surface area contributed by atoms with Gasteiger partial charge in [-0.1, -0.05) is 0 Å². The molecule has 23 heavy (non-hydrogen) atoms. The smallest absolute Gasteiger partial charge is 0.346 e. The van der Waals surface area contributed by atoms with Crippen LogP contribution in [0.3, 0.4) is 0 Å². The number of amides is 1. The molecule has 0 saturated carbocycles. The molecule has 0 fully saturated rings. The summed E-state index contributed by atoms with van der Waals surface area (Å²) in [6.07, 6.45) is -0.405. The van der Waals surface area contributed by atoms with Gasteiger partial charge in [0, 0.05) is 6.42 Å². The van der Waals surface area contributed by atoms with Crippen LogP contribution in [-0.4, -0.2) is 40.7 Å². The summed E-state index contributed by atoms with van der Waals surface area (Å²) in [5.41, 5.74) is -0.0628. The van der Waals surface area contributed by atoms with Crippen molar-refractivity contribution in [1.82, 2.24) is 5.32 Å². The van der Waals surface area contributed by atoms with Crippen LogP contribution in [0.4, 0.5) is 8.78 Å². The summed E-state index contributed by atoms with van der Waals surface area (Å²) in [5.74, 6) is -1.68. The SMILES string of the molecule is CC(CO)(CC(F)F)NC(=O)c1sc(C(=O)O)c2c1CCCC2. The average Bonchev–Trinajstić information content (AvgIpc) is 2.86. The fraction of sp³-hybridized carbons (Fsp3) is 0.600. The molecule has 5 nitrogen and oxygen atoms in total. The number of carboxylic acids is 1. The number of aliphatic hydroxyl groups excluding tert-OH is 1. The third kappa shape index (κ3) is 3.87. The minimum atomic E-state index is -2.67. The number of carbonyl (C=O) groups is 2. The van der Waals surface area contributed by atoms with Crippen LogP contribution in [0.5, 0.6) is 0 Å². The highest BCUT2D eigenvalue weighted by Gasteiger charge is 2.33. The normalized spacial score (nSPS) is 16.7. The molecule has 3 N–H and O–H groups in total. The second kappa shape index (κ2) is 6.92. The Morgan fingerprint density at radius 3 is 2.30 bits per heavy atom. The number of carboxylic acid groups (broad SMARTS) is 1. The van der Waals surface area contributed by atoms with Gasteiger partial charge in [-0.2, -0.15) is 0 Å². The lowest BCUT2D eigenvalue weighted by atomic mass is 9.91. The van der Waals surface area contributed by atoms with Crippen LogP contribution in [0.25, 0.3) is 0 Å². The van der Waals surface area contributed by atoms with Crippen LogP contribution in [0.15, 0.2) is 0 Å². The Bertz CT molecular complexity index is 617. The van der Waals surface area contributed by atoms with E-state index in [1.165, 1.54) is 6.92 Å². The molecule has 0 aliphatic heterocycles. The molecule has 1 heterocycles. The standard InChI is InChI=1S/C15H19F2NO4S/c1-15(7-19,6-10(16)17)18-13(20)11-8-4-2-3-5-9(8)12(23-11)14(21)22/h10,19H,2-7H2,1H3,(H,18,20)(H,21,22). The highest BCUT2D eigenvalue weighted by molar-refractivity contribution is 7.16. The molecule has 1 atom stereocenters. The zero-order chi connectivity index (χ0) is 17.2. The minimum absolute atomic E-state index is 0.143. The predicted octanol–water partition coefficient (Wildman–Crippen LogP) is 2.46. The second-order valence-electron chi connectivity index (χ2n) is 6.00. The van der Waals surface area contributed by atoms with Gasteiger partial charge in [-0.05, 0) is 43.7 Å². The number of nitrogens with one attached hydrogen (secondary N) is 1. The second-order valence-corrected chi connectivity index (χ2v) is 7.02. The molecule has 128 valence electrons. The number of carbonyl (C=O) groups excluding carboxylic acids is 1. The Morgan fingerprint density at radius 2 is 1.83 bits per heavy atom. The summed E-state index contributed by atoms with van der Waals surface area (Å²) in [4.78, 5) is 24.2. The van der Waals surface area contributed by atoms with Gasteiger partial charge in [-0.15, -0.1) is 11.3 Å². The summed E-state index contributed by atoms with van der Waals surface area (Å²) in [6, 6.07) is 0. The topological polar surface area (TPSA) is 86.6 Å². The number of aromatic carboxylic acids is 1. The summed E-state index contributed by atoms with van der Waals surface area (Å²) >= 11 is 0.881. The fourth-order valence-electron chi connectivity index (χ4n) is 2.81. The van der Waals surface area contributed by atoms with E-state index in [4.69, 9.17) is 0 Å². The molecular formula is C15H19F2NO4S. The summed E-state index contributed by atoms with van der Waals surface area (Å²) < 4.78 is 25.2. The lowest BCUT2D eigenvalue weighted by molar-refractivity contribution is 0.0587. The first-order valence-electron chi connectivity index (χ1n) is 7.37. The molecule has 8 heteroatoms. The maximum absolute atomic E-state index is 12.6. The van der Waals surface area contributed by atoms with Crippen LogP contribution in [0, 0.1) is 0 Å². The maximum atomic E-state index is 12.6. The lowest BCUT2D eigenvalue weighted by Gasteiger charge is -2.28. The number of fused-ring (bicyclic) bond motifs is 1. The van der Waals surface area contributed by atoms with Crippen molar-refractivity contribution in [3.63, 3.8) is 0 Å². The number of aliphatic hydroxyl groups is 1. The van der Waals surface area contributed by atoms with Crippen molar-refractivity contribution in [3.05, 3.63) is 20.9 Å². The number of hydrogen-bond acceptors (Lipinski definition) is 4. The van der Waals surface area contributed by atoms with Crippen molar-refractivity contribution in [2.24, 2.45) is 0 Å². The largest absolute Gasteiger partial charge is 0.477 e. The van der Waals surface area contributed by atoms with E-state index in [1.807, 2.05) is 0 Å². The van der Waals surface area contributed by atoms with Gasteiger partial charge in [0.1, 0.15) is 4.88 Å². The molecule has 1 aromatic heterocycles. The van der Waals surface area contributed by atoms with Crippen molar-refractivity contribution in [1.29, 1.82) is 0 Å². The van der Waals surface area contributed by atoms with Crippen LogP contribution in [0.1, 0.15) is 56.7 Å². The highest BCUT2D eigenvalue weighted by Crippen LogP contribution is 2.35. The van der Waals surface area contributed by atoms with Gasteiger partial charge in [0.2, 0.25) is 6.43 Å². The summed E-state index contributed by atoms with van der Waals surface area (Å²) in [5, 5.41) is 21.0. The van der Waals surface area contributed by atoms with Crippen LogP contribution >= 0.6 is 11.3 Å². The molecular weight excluding hydrogens is 328 g/mol. The summed E-state index contributed by atoms with van der Waals surface area (Å²) in [6.45, 7) is 0.720. The van der Waals surface area contributed by atoms with Gasteiger partial charge in [0.15, 0.2) is 0 Å². The molecule has 2 rings (SSSR count). The Hall–Kier alpha value is -1.54. The molecule has 0 aromatic carbocycles. The molecule has 0 spiro atoms. The van der Waals surface area contributed by atoms with E-state index in [-0.39, 0.29) is 9.75 Å². The van der Waals surface area contributed by atoms with E-state index in [1.54, 1.807) is 0 Å². The molecule has 0 saturated heterocycles. The molecule has 1 unspecified atom stereocenters. The van der Waals surface area contributed by atoms with Crippen molar-refractivity contribution in [3.8, 4) is 0 Å². The van der Waals surface area contributed by atoms with Gasteiger partial charge in [-0.3, -0.25) is 4.79 Å². The quantitative estimate of drug-likeness (QED) is 0.738. The number of alkyl halides is 2. The minimum Gasteiger partial charge on any atom is -0.477 e. The molecule has 0 bridgehead atoms. The van der Waals surface area contributed by atoms with E-state index >= 15 is 0 Å². The van der Waals surface area contributed by atoms with Crippen LogP contribution in [-0.2, 0) is 12.8 Å². The fourth-order valence-corrected chi connectivity index (χ4v) is 3.95. The molecule has 1 aliphatic carbocycles. The van der Waals surface area contributed by atoms with E-state index in [0.717, 1.165) is 24.2 Å². The number of halogens is 2. The third-order valence-electron chi connectivity index (χ3n) is 3.99. The van der Waals surface area contributed by atoms with E-state index in [9.17, 15) is 28.6 Å². The van der Waals surface area contributed by atoms with E-state index < -0.39 is 36.9 Å². The Balaban J connectivity index is 2.31. The first-order chi connectivity index (χ1) is 10.8. The Morgan fingerprint density at radius 1 is 1.26 bits per heavy atom. The van der Waals surface area contributed by atoms with E-state index in [0.29, 0.717) is 24.0 Å². The Labute approximate surface area is 136 Å². The average molecular weight is 347 g/mol. The van der Waals surface area contributed by atoms with Gasteiger partial charge in [-0.25, -0.2) is 13.6 Å². The van der Waals surface area contributed by atoms with Gasteiger partial charge < -0.3 is 15.5 Å². The van der Waals surface area contributed by atoms with E-state index in [2.05, 4.69) is 5.32 Å². The van der Waals surface area contributed by atoms with Crippen LogP contribution in [0.2, 0.25) is 0 Å². The van der Waals surface area contributed by atoms with Crippen molar-refractivity contribution in [2.45, 2.75) is 51.0 Å². The zero-order valence-corrected chi connectivity index (χ0v) is 13.5. The van der Waals surface area contributed by atoms with Crippen molar-refractivity contribution < 1.29 is 28.6 Å². The highest BCUT2D eigenvalue weighted by atomic mass is 32.1. The zero-order valence-electron chi connectivity index (χ0n) is 12.7. The first-order valence-corrected chi connectivity index (χ1v) is 8.18. The molecule has 0 radical (unpaired) electrons. The third-order valence-corrected chi connectivity index (χ3v) is 5.25. The monoisotopic (exact) mass is 347 g/mol. The van der Waals surface area contributed by atoms with Gasteiger partial charge in [0.05, 0.1) is 17.0 Å². The van der Waals surface area contributed by atoms with Gasteiger partial charge >= 0.3 is 5.97 Å². The number of rotatable bonds is 6. The Kier molecular flexibility index (Phi) is 5.36. The molecule has 1 aromatic rings. The van der Waals surface area contributed by atoms with Crippen molar-refractivity contribution >= 4 is 23.2 Å².